The number of nitrogens with one attached hydrogen (secondary N) is 2. The number of guanidine groups is 1. The monoisotopic (exact) mass is 517 g/mol. The molecule has 3 rings (SSSR count). The Morgan fingerprint density at radius 3 is 2.93 bits per heavy atom. The Bertz CT molecular complexity index is 604. The van der Waals surface area contributed by atoms with E-state index >= 15 is 0 Å². The molecule has 0 amide bonds. The van der Waals surface area contributed by atoms with Gasteiger partial charge in [-0.1, -0.05) is 0 Å². The predicted molar refractivity (Wildman–Crippen MR) is 128 cm³/mol. The van der Waals surface area contributed by atoms with Gasteiger partial charge >= 0.3 is 0 Å². The van der Waals surface area contributed by atoms with E-state index in [2.05, 4.69) is 37.6 Å². The molecular weight excluding hydrogens is 481 g/mol. The molecule has 29 heavy (non-hydrogen) atoms. The molecule has 0 aromatic carbocycles. The minimum atomic E-state index is 0. The van der Waals surface area contributed by atoms with Crippen molar-refractivity contribution in [3.63, 3.8) is 0 Å². The lowest BCUT2D eigenvalue weighted by Gasteiger charge is -2.28. The van der Waals surface area contributed by atoms with Crippen molar-refractivity contribution in [3.05, 3.63) is 23.9 Å². The smallest absolute Gasteiger partial charge is 0.191 e. The van der Waals surface area contributed by atoms with E-state index in [4.69, 9.17) is 9.47 Å². The van der Waals surface area contributed by atoms with E-state index in [1.165, 1.54) is 24.8 Å². The zero-order valence-corrected chi connectivity index (χ0v) is 19.9. The topological polar surface area (TPSA) is 71.0 Å². The SMILES string of the molecule is CN=C(NCCCOCC1CCOC1)NCc1ccnc(N2CCCCC2)c1.I. The Morgan fingerprint density at radius 1 is 1.31 bits per heavy atom. The summed E-state index contributed by atoms with van der Waals surface area (Å²) in [4.78, 5) is 11.2. The van der Waals surface area contributed by atoms with Crippen molar-refractivity contribution in [3.8, 4) is 0 Å². The van der Waals surface area contributed by atoms with Crippen LogP contribution in [0, 0.1) is 5.92 Å². The molecule has 0 saturated carbocycles. The van der Waals surface area contributed by atoms with Crippen LogP contribution in [-0.4, -0.2) is 64.1 Å². The molecule has 1 aromatic rings. The first-order chi connectivity index (χ1) is 13.8. The summed E-state index contributed by atoms with van der Waals surface area (Å²) < 4.78 is 11.1. The van der Waals surface area contributed by atoms with E-state index in [0.717, 1.165) is 77.2 Å². The number of hydrogen-bond acceptors (Lipinski definition) is 5. The van der Waals surface area contributed by atoms with Gasteiger partial charge in [0.25, 0.3) is 0 Å². The minimum absolute atomic E-state index is 0. The van der Waals surface area contributed by atoms with Gasteiger partial charge in [-0.15, -0.1) is 24.0 Å². The zero-order valence-electron chi connectivity index (χ0n) is 17.6. The number of rotatable bonds is 9. The van der Waals surface area contributed by atoms with Crippen molar-refractivity contribution < 1.29 is 9.47 Å². The van der Waals surface area contributed by atoms with Crippen molar-refractivity contribution in [2.24, 2.45) is 10.9 Å². The lowest BCUT2D eigenvalue weighted by Crippen LogP contribution is -2.37. The molecule has 164 valence electrons. The number of aromatic nitrogens is 1. The van der Waals surface area contributed by atoms with Crippen LogP contribution < -0.4 is 15.5 Å². The van der Waals surface area contributed by atoms with Gasteiger partial charge in [0.1, 0.15) is 5.82 Å². The van der Waals surface area contributed by atoms with Crippen LogP contribution in [-0.2, 0) is 16.0 Å². The van der Waals surface area contributed by atoms with Gasteiger partial charge in [-0.3, -0.25) is 4.99 Å². The molecule has 2 aliphatic heterocycles. The highest BCUT2D eigenvalue weighted by Gasteiger charge is 2.15. The van der Waals surface area contributed by atoms with Crippen molar-refractivity contribution in [1.29, 1.82) is 0 Å². The number of anilines is 1. The molecule has 0 radical (unpaired) electrons. The number of pyridine rings is 1. The Hall–Kier alpha value is -1.13. The van der Waals surface area contributed by atoms with Crippen LogP contribution in [0.5, 0.6) is 0 Å². The molecule has 8 heteroatoms. The van der Waals surface area contributed by atoms with Crippen molar-refractivity contribution in [1.82, 2.24) is 15.6 Å². The molecule has 7 nitrogen and oxygen atoms in total. The lowest BCUT2D eigenvalue weighted by molar-refractivity contribution is 0.0888. The van der Waals surface area contributed by atoms with E-state index in [1.54, 1.807) is 7.05 Å². The van der Waals surface area contributed by atoms with Crippen LogP contribution in [0.15, 0.2) is 23.3 Å². The molecule has 2 aliphatic rings. The van der Waals surface area contributed by atoms with Crippen LogP contribution in [0.3, 0.4) is 0 Å². The van der Waals surface area contributed by atoms with Gasteiger partial charge in [0, 0.05) is 58.6 Å². The summed E-state index contributed by atoms with van der Waals surface area (Å²) in [6, 6.07) is 4.25. The van der Waals surface area contributed by atoms with E-state index in [9.17, 15) is 0 Å². The predicted octanol–water partition coefficient (Wildman–Crippen LogP) is 2.80. The molecule has 2 fully saturated rings. The average molecular weight is 517 g/mol. The third kappa shape index (κ3) is 8.64. The average Bonchev–Trinajstić information content (AvgIpc) is 3.27. The van der Waals surface area contributed by atoms with Crippen LogP contribution >= 0.6 is 24.0 Å². The second-order valence-electron chi connectivity index (χ2n) is 7.58. The molecule has 1 aromatic heterocycles. The third-order valence-electron chi connectivity index (χ3n) is 5.31. The third-order valence-corrected chi connectivity index (χ3v) is 5.31. The standard InChI is InChI=1S/C21H35N5O2.HI/c1-22-21(24-8-5-12-27-16-19-7-13-28-17-19)25-15-18-6-9-23-20(14-18)26-10-3-2-4-11-26;/h6,9,14,19H,2-5,7-8,10-13,15-17H2,1H3,(H2,22,24,25);1H. The largest absolute Gasteiger partial charge is 0.381 e. The fourth-order valence-electron chi connectivity index (χ4n) is 3.62. The number of piperidine rings is 1. The minimum Gasteiger partial charge on any atom is -0.381 e. The first-order valence-electron chi connectivity index (χ1n) is 10.6. The van der Waals surface area contributed by atoms with Crippen molar-refractivity contribution in [2.45, 2.75) is 38.6 Å². The Morgan fingerprint density at radius 2 is 2.17 bits per heavy atom. The quantitative estimate of drug-likeness (QED) is 0.227. The van der Waals surface area contributed by atoms with Crippen LogP contribution in [0.4, 0.5) is 5.82 Å². The lowest BCUT2D eigenvalue weighted by atomic mass is 10.1. The summed E-state index contributed by atoms with van der Waals surface area (Å²) in [5, 5.41) is 6.74. The highest BCUT2D eigenvalue weighted by Crippen LogP contribution is 2.18. The van der Waals surface area contributed by atoms with Gasteiger partial charge in [0.2, 0.25) is 0 Å². The summed E-state index contributed by atoms with van der Waals surface area (Å²) >= 11 is 0. The Kier molecular flexibility index (Phi) is 11.6. The molecule has 0 spiro atoms. The highest BCUT2D eigenvalue weighted by molar-refractivity contribution is 14.0. The summed E-state index contributed by atoms with van der Waals surface area (Å²) in [7, 11) is 1.80. The van der Waals surface area contributed by atoms with E-state index in [1.807, 2.05) is 6.20 Å². The number of nitrogens with zero attached hydrogens (tertiary/aromatic N) is 3. The van der Waals surface area contributed by atoms with Crippen molar-refractivity contribution in [2.75, 3.05) is 58.0 Å². The molecule has 1 unspecified atom stereocenters. The molecule has 1 atom stereocenters. The second kappa shape index (κ2) is 14.0. The van der Waals surface area contributed by atoms with Gasteiger partial charge < -0.3 is 25.0 Å². The maximum atomic E-state index is 5.74. The summed E-state index contributed by atoms with van der Waals surface area (Å²) in [5.41, 5.74) is 1.22. The van der Waals surface area contributed by atoms with Gasteiger partial charge in [0.05, 0.1) is 13.2 Å². The number of ether oxygens (including phenoxy) is 2. The maximum Gasteiger partial charge on any atom is 0.191 e. The van der Waals surface area contributed by atoms with E-state index < -0.39 is 0 Å². The normalized spacial score (nSPS) is 19.7. The first kappa shape index (κ1) is 24.1. The van der Waals surface area contributed by atoms with E-state index in [-0.39, 0.29) is 24.0 Å². The summed E-state index contributed by atoms with van der Waals surface area (Å²) in [6.45, 7) is 7.12. The van der Waals surface area contributed by atoms with Crippen LogP contribution in [0.2, 0.25) is 0 Å². The fraction of sp³-hybridized carbons (Fsp3) is 0.714. The molecular formula is C21H36IN5O2. The van der Waals surface area contributed by atoms with Gasteiger partial charge in [-0.05, 0) is 49.8 Å². The summed E-state index contributed by atoms with van der Waals surface area (Å²) in [6.07, 6.45) is 7.85. The molecule has 0 bridgehead atoms. The molecule has 2 N–H and O–H groups in total. The van der Waals surface area contributed by atoms with Crippen LogP contribution in [0.25, 0.3) is 0 Å². The number of halogens is 1. The van der Waals surface area contributed by atoms with Gasteiger partial charge in [-0.25, -0.2) is 4.98 Å². The molecule has 2 saturated heterocycles. The second-order valence-corrected chi connectivity index (χ2v) is 7.58. The summed E-state index contributed by atoms with van der Waals surface area (Å²) in [5.74, 6) is 2.49. The van der Waals surface area contributed by atoms with E-state index in [0.29, 0.717) is 5.92 Å². The Labute approximate surface area is 192 Å². The number of hydrogen-bond donors (Lipinski definition) is 2. The Balaban J connectivity index is 0.00000300. The fourth-order valence-corrected chi connectivity index (χ4v) is 3.62. The number of aliphatic imine (C=N–C) groups is 1. The maximum absolute atomic E-state index is 5.74. The zero-order chi connectivity index (χ0) is 19.4. The molecule has 3 heterocycles. The van der Waals surface area contributed by atoms with Gasteiger partial charge in [-0.2, -0.15) is 0 Å². The first-order valence-corrected chi connectivity index (χ1v) is 10.6. The highest BCUT2D eigenvalue weighted by atomic mass is 127. The van der Waals surface area contributed by atoms with Gasteiger partial charge in [0.15, 0.2) is 5.96 Å². The van der Waals surface area contributed by atoms with Crippen LogP contribution in [0.1, 0.15) is 37.7 Å². The van der Waals surface area contributed by atoms with Crippen molar-refractivity contribution >= 4 is 35.8 Å². The molecule has 0 aliphatic carbocycles.